The number of carbonyl (C=O) groups is 1. The van der Waals surface area contributed by atoms with Crippen LogP contribution in [0.1, 0.15) is 21.5 Å². The molecule has 7 heteroatoms. The second-order valence-electron chi connectivity index (χ2n) is 5.14. The topological polar surface area (TPSA) is 102 Å². The molecular weight excluding hydrogens is 284 g/mol. The summed E-state index contributed by atoms with van der Waals surface area (Å²) in [7, 11) is 0. The average Bonchev–Trinajstić information content (AvgIpc) is 2.53. The van der Waals surface area contributed by atoms with E-state index in [4.69, 9.17) is 5.73 Å². The van der Waals surface area contributed by atoms with Crippen LogP contribution in [-0.4, -0.2) is 22.4 Å². The van der Waals surface area contributed by atoms with Crippen molar-refractivity contribution in [3.63, 3.8) is 0 Å². The van der Waals surface area contributed by atoms with Gasteiger partial charge in [-0.2, -0.15) is 0 Å². The fourth-order valence-electron chi connectivity index (χ4n) is 2.72. The minimum Gasteiger partial charge on any atom is -0.366 e. The van der Waals surface area contributed by atoms with Gasteiger partial charge in [0.15, 0.2) is 0 Å². The van der Waals surface area contributed by atoms with Gasteiger partial charge in [-0.25, -0.2) is 0 Å². The number of pyridine rings is 1. The van der Waals surface area contributed by atoms with Crippen LogP contribution in [0, 0.1) is 10.1 Å². The Hall–Kier alpha value is -2.96. The summed E-state index contributed by atoms with van der Waals surface area (Å²) >= 11 is 0. The zero-order valence-electron chi connectivity index (χ0n) is 11.7. The second-order valence-corrected chi connectivity index (χ2v) is 5.14. The van der Waals surface area contributed by atoms with Crippen LogP contribution in [0.2, 0.25) is 0 Å². The lowest BCUT2D eigenvalue weighted by molar-refractivity contribution is -0.384. The molecule has 22 heavy (non-hydrogen) atoms. The van der Waals surface area contributed by atoms with Crippen LogP contribution in [0.5, 0.6) is 0 Å². The highest BCUT2D eigenvalue weighted by molar-refractivity contribution is 5.98. The molecule has 0 saturated carbocycles. The number of rotatable bonds is 3. The van der Waals surface area contributed by atoms with Crippen molar-refractivity contribution in [2.75, 3.05) is 11.4 Å². The van der Waals surface area contributed by atoms with Crippen molar-refractivity contribution < 1.29 is 9.72 Å². The van der Waals surface area contributed by atoms with E-state index >= 15 is 0 Å². The Kier molecular flexibility index (Phi) is 3.46. The lowest BCUT2D eigenvalue weighted by Crippen LogP contribution is -2.32. The van der Waals surface area contributed by atoms with Crippen molar-refractivity contribution in [3.8, 4) is 0 Å². The van der Waals surface area contributed by atoms with Crippen molar-refractivity contribution >= 4 is 17.3 Å². The van der Waals surface area contributed by atoms with Gasteiger partial charge in [0.1, 0.15) is 0 Å². The van der Waals surface area contributed by atoms with Gasteiger partial charge in [-0.15, -0.1) is 0 Å². The standard InChI is InChI=1S/C15H14N4O3/c16-15(20)13-8-17-5-3-14(13)18-6-4-10-1-2-12(19(21)22)7-11(10)9-18/h1-3,5,7-8H,4,6,9H2,(H2,16,20). The number of hydrogen-bond acceptors (Lipinski definition) is 5. The highest BCUT2D eigenvalue weighted by atomic mass is 16.6. The number of carbonyl (C=O) groups excluding carboxylic acids is 1. The number of non-ortho nitro benzene ring substituents is 1. The van der Waals surface area contributed by atoms with E-state index in [1.54, 1.807) is 24.4 Å². The molecule has 0 unspecified atom stereocenters. The van der Waals surface area contributed by atoms with Crippen LogP contribution in [-0.2, 0) is 13.0 Å². The quantitative estimate of drug-likeness (QED) is 0.685. The number of primary amides is 1. The number of benzene rings is 1. The number of aromatic nitrogens is 1. The van der Waals surface area contributed by atoms with E-state index in [0.717, 1.165) is 24.1 Å². The molecule has 1 amide bonds. The first-order chi connectivity index (χ1) is 10.6. The zero-order valence-corrected chi connectivity index (χ0v) is 11.7. The molecule has 0 fully saturated rings. The Morgan fingerprint density at radius 2 is 2.14 bits per heavy atom. The third kappa shape index (κ3) is 2.48. The normalized spacial score (nSPS) is 13.5. The lowest BCUT2D eigenvalue weighted by atomic mass is 9.98. The highest BCUT2D eigenvalue weighted by Gasteiger charge is 2.22. The maximum Gasteiger partial charge on any atom is 0.269 e. The van der Waals surface area contributed by atoms with Crippen molar-refractivity contribution in [2.24, 2.45) is 5.73 Å². The summed E-state index contributed by atoms with van der Waals surface area (Å²) < 4.78 is 0. The van der Waals surface area contributed by atoms with Crippen LogP contribution >= 0.6 is 0 Å². The minimum absolute atomic E-state index is 0.0745. The van der Waals surface area contributed by atoms with Crippen LogP contribution in [0.4, 0.5) is 11.4 Å². The van der Waals surface area contributed by atoms with Gasteiger partial charge in [-0.3, -0.25) is 19.9 Å². The predicted molar refractivity (Wildman–Crippen MR) is 80.6 cm³/mol. The number of nitrogens with zero attached hydrogens (tertiary/aromatic N) is 3. The highest BCUT2D eigenvalue weighted by Crippen LogP contribution is 2.28. The summed E-state index contributed by atoms with van der Waals surface area (Å²) in [6, 6.07) is 6.65. The minimum atomic E-state index is -0.534. The summed E-state index contributed by atoms with van der Waals surface area (Å²) in [6.07, 6.45) is 3.80. The van der Waals surface area contributed by atoms with Crippen molar-refractivity contribution in [1.29, 1.82) is 0 Å². The average molecular weight is 298 g/mol. The van der Waals surface area contributed by atoms with Gasteiger partial charge < -0.3 is 10.6 Å². The summed E-state index contributed by atoms with van der Waals surface area (Å²) in [5, 5.41) is 10.9. The number of hydrogen-bond donors (Lipinski definition) is 1. The fraction of sp³-hybridized carbons (Fsp3) is 0.200. The molecule has 0 atom stereocenters. The molecule has 2 aromatic rings. The first kappa shape index (κ1) is 14.0. The van der Waals surface area contributed by atoms with Crippen molar-refractivity contribution in [3.05, 3.63) is 63.5 Å². The lowest BCUT2D eigenvalue weighted by Gasteiger charge is -2.31. The molecule has 0 bridgehead atoms. The van der Waals surface area contributed by atoms with E-state index < -0.39 is 10.8 Å². The number of fused-ring (bicyclic) bond motifs is 1. The second kappa shape index (κ2) is 5.44. The Balaban J connectivity index is 1.96. The molecular formula is C15H14N4O3. The summed E-state index contributed by atoms with van der Waals surface area (Å²) in [4.78, 5) is 27.9. The van der Waals surface area contributed by atoms with Gasteiger partial charge in [-0.1, -0.05) is 6.07 Å². The summed E-state index contributed by atoms with van der Waals surface area (Å²) in [5.41, 5.74) is 8.52. The summed E-state index contributed by atoms with van der Waals surface area (Å²) in [5.74, 6) is -0.534. The molecule has 0 spiro atoms. The molecule has 112 valence electrons. The maximum absolute atomic E-state index is 11.5. The fourth-order valence-corrected chi connectivity index (χ4v) is 2.72. The largest absolute Gasteiger partial charge is 0.366 e. The number of anilines is 1. The summed E-state index contributed by atoms with van der Waals surface area (Å²) in [6.45, 7) is 1.22. The first-order valence-corrected chi connectivity index (χ1v) is 6.81. The molecule has 0 aliphatic carbocycles. The Bertz CT molecular complexity index is 760. The number of amides is 1. The van der Waals surface area contributed by atoms with Gasteiger partial charge in [0, 0.05) is 37.6 Å². The Morgan fingerprint density at radius 1 is 1.32 bits per heavy atom. The number of nitro benzene ring substituents is 1. The van der Waals surface area contributed by atoms with Crippen LogP contribution in [0.3, 0.4) is 0 Å². The van der Waals surface area contributed by atoms with Gasteiger partial charge in [0.25, 0.3) is 11.6 Å². The third-order valence-corrected chi connectivity index (χ3v) is 3.82. The Labute approximate surface area is 126 Å². The molecule has 1 aromatic carbocycles. The van der Waals surface area contributed by atoms with Gasteiger partial charge in [-0.05, 0) is 23.6 Å². The number of nitro groups is 1. The van der Waals surface area contributed by atoms with Crippen LogP contribution in [0.15, 0.2) is 36.7 Å². The molecule has 1 aromatic heterocycles. The third-order valence-electron chi connectivity index (χ3n) is 3.82. The molecule has 0 saturated heterocycles. The first-order valence-electron chi connectivity index (χ1n) is 6.81. The number of nitrogens with two attached hydrogens (primary N) is 1. The molecule has 0 radical (unpaired) electrons. The van der Waals surface area contributed by atoms with E-state index in [-0.39, 0.29) is 5.69 Å². The molecule has 1 aliphatic rings. The monoisotopic (exact) mass is 298 g/mol. The van der Waals surface area contributed by atoms with Crippen LogP contribution < -0.4 is 10.6 Å². The van der Waals surface area contributed by atoms with E-state index in [2.05, 4.69) is 4.98 Å². The van der Waals surface area contributed by atoms with Crippen molar-refractivity contribution in [2.45, 2.75) is 13.0 Å². The van der Waals surface area contributed by atoms with Crippen LogP contribution in [0.25, 0.3) is 0 Å². The predicted octanol–water partition coefficient (Wildman–Crippen LogP) is 1.65. The van der Waals surface area contributed by atoms with E-state index in [1.807, 2.05) is 4.90 Å². The van der Waals surface area contributed by atoms with Crippen molar-refractivity contribution in [1.82, 2.24) is 4.98 Å². The molecule has 3 rings (SSSR count). The smallest absolute Gasteiger partial charge is 0.269 e. The van der Waals surface area contributed by atoms with Gasteiger partial charge in [0.2, 0.25) is 0 Å². The molecule has 2 N–H and O–H groups in total. The maximum atomic E-state index is 11.5. The van der Waals surface area contributed by atoms with E-state index in [0.29, 0.717) is 17.8 Å². The molecule has 7 nitrogen and oxygen atoms in total. The Morgan fingerprint density at radius 3 is 2.86 bits per heavy atom. The van der Waals surface area contributed by atoms with E-state index in [1.165, 1.54) is 12.3 Å². The SMILES string of the molecule is NC(=O)c1cnccc1N1CCc2ccc([N+](=O)[O-])cc2C1. The zero-order chi connectivity index (χ0) is 15.7. The molecule has 1 aliphatic heterocycles. The molecule has 2 heterocycles. The van der Waals surface area contributed by atoms with Gasteiger partial charge >= 0.3 is 0 Å². The van der Waals surface area contributed by atoms with Gasteiger partial charge in [0.05, 0.1) is 16.2 Å². The van der Waals surface area contributed by atoms with E-state index in [9.17, 15) is 14.9 Å².